The fourth-order valence-electron chi connectivity index (χ4n) is 3.43. The largest absolute Gasteiger partial charge is 0.371 e. The van der Waals surface area contributed by atoms with E-state index in [2.05, 4.69) is 14.5 Å². The molecule has 0 spiro atoms. The van der Waals surface area contributed by atoms with Crippen molar-refractivity contribution in [2.24, 2.45) is 5.92 Å². The molecule has 1 aromatic heterocycles. The lowest BCUT2D eigenvalue weighted by atomic mass is 9.92. The van der Waals surface area contributed by atoms with Gasteiger partial charge in [-0.3, -0.25) is 10.1 Å². The monoisotopic (exact) mass is 339 g/mol. The van der Waals surface area contributed by atoms with Crippen LogP contribution in [0.3, 0.4) is 0 Å². The Kier molecular flexibility index (Phi) is 5.29. The van der Waals surface area contributed by atoms with Crippen LogP contribution < -0.4 is 4.90 Å². The van der Waals surface area contributed by atoms with E-state index in [1.165, 1.54) is 12.5 Å². The van der Waals surface area contributed by atoms with Gasteiger partial charge in [0.25, 0.3) is 5.69 Å². The average molecular weight is 339 g/mol. The molecule has 7 heteroatoms. The lowest BCUT2D eigenvalue weighted by molar-refractivity contribution is -0.385. The van der Waals surface area contributed by atoms with Gasteiger partial charge in [-0.2, -0.15) is 5.26 Å². The van der Waals surface area contributed by atoms with Crippen LogP contribution in [0.1, 0.15) is 31.2 Å². The third kappa shape index (κ3) is 4.15. The van der Waals surface area contributed by atoms with Gasteiger partial charge in [-0.1, -0.05) is 0 Å². The van der Waals surface area contributed by atoms with Gasteiger partial charge in [0.15, 0.2) is 0 Å². The second kappa shape index (κ2) is 7.79. The van der Waals surface area contributed by atoms with Gasteiger partial charge in [-0.15, -0.1) is 0 Å². The zero-order chi connectivity index (χ0) is 17.6. The zero-order valence-electron chi connectivity index (χ0n) is 14.0. The van der Waals surface area contributed by atoms with E-state index in [9.17, 15) is 10.1 Å². The van der Waals surface area contributed by atoms with Crippen LogP contribution in [0.5, 0.6) is 0 Å². The van der Waals surface area contributed by atoms with Crippen LogP contribution in [0.25, 0.3) is 0 Å². The van der Waals surface area contributed by atoms with Crippen molar-refractivity contribution in [2.75, 3.05) is 18.0 Å². The molecule has 0 unspecified atom stereocenters. The molecule has 1 fully saturated rings. The first-order valence-electron chi connectivity index (χ1n) is 8.56. The van der Waals surface area contributed by atoms with E-state index in [-0.39, 0.29) is 11.3 Å². The van der Waals surface area contributed by atoms with E-state index in [1.54, 1.807) is 18.3 Å². The molecule has 0 N–H and O–H groups in total. The molecular formula is C18H21N5O2. The minimum atomic E-state index is -0.505. The maximum absolute atomic E-state index is 10.9. The first kappa shape index (κ1) is 17.0. The molecule has 1 saturated heterocycles. The van der Waals surface area contributed by atoms with Crippen LogP contribution in [0.15, 0.2) is 36.9 Å². The SMILES string of the molecule is N#Cc1cc(N2CCC(CCCn3ccnc3)CC2)ccc1[N+](=O)[O-]. The highest BCUT2D eigenvalue weighted by atomic mass is 16.6. The van der Waals surface area contributed by atoms with Gasteiger partial charge in [0, 0.05) is 43.8 Å². The first-order chi connectivity index (χ1) is 12.2. The predicted molar refractivity (Wildman–Crippen MR) is 94.2 cm³/mol. The average Bonchev–Trinajstić information content (AvgIpc) is 3.15. The van der Waals surface area contributed by atoms with Crippen LogP contribution in [0, 0.1) is 27.4 Å². The van der Waals surface area contributed by atoms with Gasteiger partial charge in [-0.25, -0.2) is 4.98 Å². The van der Waals surface area contributed by atoms with E-state index < -0.39 is 4.92 Å². The molecule has 0 atom stereocenters. The van der Waals surface area contributed by atoms with Gasteiger partial charge >= 0.3 is 0 Å². The molecule has 2 heterocycles. The Bertz CT molecular complexity index is 758. The number of aromatic nitrogens is 2. The summed E-state index contributed by atoms with van der Waals surface area (Å²) in [7, 11) is 0. The number of piperidine rings is 1. The standard InChI is InChI=1S/C18H21N5O2/c19-13-16-12-17(3-4-18(16)23(24)25)22-9-5-15(6-10-22)2-1-8-21-11-7-20-14-21/h3-4,7,11-12,14-15H,1-2,5-6,8-10H2. The lowest BCUT2D eigenvalue weighted by Crippen LogP contribution is -2.33. The second-order valence-corrected chi connectivity index (χ2v) is 6.44. The molecular weight excluding hydrogens is 318 g/mol. The number of aryl methyl sites for hydroxylation is 1. The quantitative estimate of drug-likeness (QED) is 0.595. The van der Waals surface area contributed by atoms with Crippen LogP contribution in [-0.4, -0.2) is 27.6 Å². The first-order valence-corrected chi connectivity index (χ1v) is 8.56. The number of nitriles is 1. The molecule has 7 nitrogen and oxygen atoms in total. The summed E-state index contributed by atoms with van der Waals surface area (Å²) in [6.45, 7) is 2.87. The lowest BCUT2D eigenvalue weighted by Gasteiger charge is -2.33. The molecule has 0 amide bonds. The van der Waals surface area contributed by atoms with E-state index in [4.69, 9.17) is 5.26 Å². The molecule has 25 heavy (non-hydrogen) atoms. The normalized spacial score (nSPS) is 15.1. The van der Waals surface area contributed by atoms with Crippen molar-refractivity contribution in [1.82, 2.24) is 9.55 Å². The summed E-state index contributed by atoms with van der Waals surface area (Å²) in [5, 5.41) is 20.1. The van der Waals surface area contributed by atoms with E-state index >= 15 is 0 Å². The Balaban J connectivity index is 1.52. The molecule has 1 aliphatic rings. The van der Waals surface area contributed by atoms with Crippen molar-refractivity contribution in [2.45, 2.75) is 32.2 Å². The van der Waals surface area contributed by atoms with E-state index in [0.717, 1.165) is 44.6 Å². The number of rotatable bonds is 6. The summed E-state index contributed by atoms with van der Waals surface area (Å²) < 4.78 is 2.11. The van der Waals surface area contributed by atoms with Gasteiger partial charge in [-0.05, 0) is 43.7 Å². The van der Waals surface area contributed by atoms with Gasteiger partial charge < -0.3 is 9.47 Å². The van der Waals surface area contributed by atoms with Crippen molar-refractivity contribution in [3.8, 4) is 6.07 Å². The molecule has 130 valence electrons. The number of benzene rings is 1. The number of nitro groups is 1. The molecule has 3 rings (SSSR count). The molecule has 0 bridgehead atoms. The van der Waals surface area contributed by atoms with E-state index in [0.29, 0.717) is 5.92 Å². The topological polar surface area (TPSA) is 88.0 Å². The molecule has 0 saturated carbocycles. The maximum Gasteiger partial charge on any atom is 0.287 e. The molecule has 0 aliphatic carbocycles. The highest BCUT2D eigenvalue weighted by molar-refractivity contribution is 5.60. The highest BCUT2D eigenvalue weighted by Crippen LogP contribution is 2.29. The third-order valence-electron chi connectivity index (χ3n) is 4.86. The number of imidazole rings is 1. The van der Waals surface area contributed by atoms with Gasteiger partial charge in [0.1, 0.15) is 11.6 Å². The number of hydrogen-bond acceptors (Lipinski definition) is 5. The predicted octanol–water partition coefficient (Wildman–Crippen LogP) is 3.36. The Morgan fingerprint density at radius 1 is 1.36 bits per heavy atom. The number of hydrogen-bond donors (Lipinski definition) is 0. The zero-order valence-corrected chi connectivity index (χ0v) is 14.0. The Hall–Kier alpha value is -2.88. The summed E-state index contributed by atoms with van der Waals surface area (Å²) in [4.78, 5) is 16.7. The summed E-state index contributed by atoms with van der Waals surface area (Å²) in [5.41, 5.74) is 0.907. The summed E-state index contributed by atoms with van der Waals surface area (Å²) in [5.74, 6) is 0.716. The molecule has 1 aromatic carbocycles. The Morgan fingerprint density at radius 2 is 2.16 bits per heavy atom. The smallest absolute Gasteiger partial charge is 0.287 e. The van der Waals surface area contributed by atoms with Crippen LogP contribution in [0.2, 0.25) is 0 Å². The third-order valence-corrected chi connectivity index (χ3v) is 4.86. The van der Waals surface area contributed by atoms with Crippen LogP contribution >= 0.6 is 0 Å². The fraction of sp³-hybridized carbons (Fsp3) is 0.444. The van der Waals surface area contributed by atoms with Crippen molar-refractivity contribution >= 4 is 11.4 Å². The van der Waals surface area contributed by atoms with Crippen molar-refractivity contribution < 1.29 is 4.92 Å². The van der Waals surface area contributed by atoms with Crippen LogP contribution in [0.4, 0.5) is 11.4 Å². The van der Waals surface area contributed by atoms with Gasteiger partial charge in [0.2, 0.25) is 0 Å². The van der Waals surface area contributed by atoms with Crippen molar-refractivity contribution in [3.63, 3.8) is 0 Å². The Morgan fingerprint density at radius 3 is 2.80 bits per heavy atom. The fourth-order valence-corrected chi connectivity index (χ4v) is 3.43. The van der Waals surface area contributed by atoms with E-state index in [1.807, 2.05) is 18.6 Å². The summed E-state index contributed by atoms with van der Waals surface area (Å²) in [6, 6.07) is 6.75. The number of anilines is 1. The number of nitrogens with zero attached hydrogens (tertiary/aromatic N) is 5. The maximum atomic E-state index is 10.9. The van der Waals surface area contributed by atoms with Crippen molar-refractivity contribution in [1.29, 1.82) is 5.26 Å². The summed E-state index contributed by atoms with van der Waals surface area (Å²) in [6.07, 6.45) is 10.2. The molecule has 2 aromatic rings. The molecule has 1 aliphatic heterocycles. The number of nitro benzene ring substituents is 1. The van der Waals surface area contributed by atoms with Crippen molar-refractivity contribution in [3.05, 3.63) is 52.6 Å². The van der Waals surface area contributed by atoms with Gasteiger partial charge in [0.05, 0.1) is 11.3 Å². The van der Waals surface area contributed by atoms with Crippen LogP contribution in [-0.2, 0) is 6.54 Å². The second-order valence-electron chi connectivity index (χ2n) is 6.44. The summed E-state index contributed by atoms with van der Waals surface area (Å²) >= 11 is 0. The minimum Gasteiger partial charge on any atom is -0.371 e. The minimum absolute atomic E-state index is 0.124. The highest BCUT2D eigenvalue weighted by Gasteiger charge is 2.21. The molecule has 0 radical (unpaired) electrons. The Labute approximate surface area is 146 Å².